The molecule has 0 aliphatic carbocycles. The van der Waals surface area contributed by atoms with Gasteiger partial charge in [0.2, 0.25) is 0 Å². The molecular formula is C23H25N3O3. The van der Waals surface area contributed by atoms with E-state index in [1.807, 2.05) is 54.3 Å². The van der Waals surface area contributed by atoms with Crippen molar-refractivity contribution in [3.8, 4) is 17.2 Å². The summed E-state index contributed by atoms with van der Waals surface area (Å²) in [5, 5.41) is 4.19. The normalized spacial score (nSPS) is 14.8. The van der Waals surface area contributed by atoms with Crippen LogP contribution in [0.3, 0.4) is 0 Å². The molecule has 1 aliphatic rings. The van der Waals surface area contributed by atoms with Crippen molar-refractivity contribution in [3.05, 3.63) is 65.0 Å². The largest absolute Gasteiger partial charge is 0.497 e. The smallest absolute Gasteiger partial charge is 0.258 e. The lowest BCUT2D eigenvalue weighted by molar-refractivity contribution is 0.0710. The Hall–Kier alpha value is -3.15. The number of hydrogen-bond donors (Lipinski definition) is 0. The first-order chi connectivity index (χ1) is 14.0. The van der Waals surface area contributed by atoms with Gasteiger partial charge < -0.3 is 14.2 Å². The van der Waals surface area contributed by atoms with Crippen LogP contribution in [0, 0.1) is 13.8 Å². The molecular weight excluding hydrogens is 366 g/mol. The molecule has 3 aromatic rings. The van der Waals surface area contributed by atoms with E-state index in [1.54, 1.807) is 7.11 Å². The van der Waals surface area contributed by atoms with Gasteiger partial charge in [0.05, 0.1) is 7.11 Å². The lowest BCUT2D eigenvalue weighted by Crippen LogP contribution is -2.38. The number of likely N-dealkylation sites (tertiary alicyclic amines) is 1. The van der Waals surface area contributed by atoms with E-state index in [0.29, 0.717) is 24.8 Å². The molecule has 0 unspecified atom stereocenters. The van der Waals surface area contributed by atoms with Gasteiger partial charge in [-0.15, -0.1) is 0 Å². The van der Waals surface area contributed by atoms with Crippen LogP contribution in [-0.2, 0) is 0 Å². The second-order valence-corrected chi connectivity index (χ2v) is 7.56. The molecule has 1 aromatic heterocycles. The van der Waals surface area contributed by atoms with Crippen molar-refractivity contribution in [2.75, 3.05) is 20.2 Å². The molecule has 6 nitrogen and oxygen atoms in total. The molecule has 0 N–H and O–H groups in total. The summed E-state index contributed by atoms with van der Waals surface area (Å²) in [6.45, 7) is 5.48. The number of rotatable bonds is 4. The molecule has 4 rings (SSSR count). The Labute approximate surface area is 170 Å². The van der Waals surface area contributed by atoms with Gasteiger partial charge >= 0.3 is 0 Å². The molecule has 1 aliphatic heterocycles. The van der Waals surface area contributed by atoms with Crippen molar-refractivity contribution in [1.82, 2.24) is 15.0 Å². The summed E-state index contributed by atoms with van der Waals surface area (Å²) in [6.07, 6.45) is 1.65. The van der Waals surface area contributed by atoms with Gasteiger partial charge in [-0.2, -0.15) is 4.98 Å². The fraction of sp³-hybridized carbons (Fsp3) is 0.348. The van der Waals surface area contributed by atoms with Crippen molar-refractivity contribution in [1.29, 1.82) is 0 Å². The number of aromatic nitrogens is 2. The predicted molar refractivity (Wildman–Crippen MR) is 110 cm³/mol. The summed E-state index contributed by atoms with van der Waals surface area (Å²) < 4.78 is 10.7. The van der Waals surface area contributed by atoms with Crippen molar-refractivity contribution in [3.63, 3.8) is 0 Å². The zero-order chi connectivity index (χ0) is 20.4. The SMILES string of the molecule is COc1cccc(-c2nc(C3CCN(C(=O)c4ccc(C)c(C)c4)CC3)no2)c1. The van der Waals surface area contributed by atoms with Crippen LogP contribution in [0.2, 0.25) is 0 Å². The van der Waals surface area contributed by atoms with Crippen LogP contribution >= 0.6 is 0 Å². The lowest BCUT2D eigenvalue weighted by Gasteiger charge is -2.30. The molecule has 0 radical (unpaired) electrons. The molecule has 0 saturated carbocycles. The second kappa shape index (κ2) is 8.07. The Bertz CT molecular complexity index is 1020. The molecule has 150 valence electrons. The van der Waals surface area contributed by atoms with E-state index in [0.717, 1.165) is 35.3 Å². The van der Waals surface area contributed by atoms with E-state index in [4.69, 9.17) is 9.26 Å². The molecule has 0 bridgehead atoms. The number of hydrogen-bond acceptors (Lipinski definition) is 5. The molecule has 2 heterocycles. The average molecular weight is 391 g/mol. The number of aryl methyl sites for hydroxylation is 2. The Morgan fingerprint density at radius 1 is 1.10 bits per heavy atom. The van der Waals surface area contributed by atoms with E-state index >= 15 is 0 Å². The molecule has 1 saturated heterocycles. The van der Waals surface area contributed by atoms with Gasteiger partial charge in [0, 0.05) is 30.1 Å². The number of benzene rings is 2. The number of ether oxygens (including phenoxy) is 1. The first kappa shape index (κ1) is 19.2. The number of methoxy groups -OCH3 is 1. The highest BCUT2D eigenvalue weighted by Crippen LogP contribution is 2.29. The highest BCUT2D eigenvalue weighted by atomic mass is 16.5. The maximum absolute atomic E-state index is 12.8. The quantitative estimate of drug-likeness (QED) is 0.660. The van der Waals surface area contributed by atoms with Crippen molar-refractivity contribution < 1.29 is 14.1 Å². The molecule has 0 atom stereocenters. The molecule has 1 fully saturated rings. The van der Waals surface area contributed by atoms with Gasteiger partial charge in [-0.3, -0.25) is 4.79 Å². The first-order valence-electron chi connectivity index (χ1n) is 9.89. The summed E-state index contributed by atoms with van der Waals surface area (Å²) >= 11 is 0. The summed E-state index contributed by atoms with van der Waals surface area (Å²) in [7, 11) is 1.63. The van der Waals surface area contributed by atoms with E-state index < -0.39 is 0 Å². The monoisotopic (exact) mass is 391 g/mol. The summed E-state index contributed by atoms with van der Waals surface area (Å²) in [4.78, 5) is 19.3. The third-order valence-corrected chi connectivity index (χ3v) is 5.66. The zero-order valence-electron chi connectivity index (χ0n) is 17.0. The van der Waals surface area contributed by atoms with E-state index in [9.17, 15) is 4.79 Å². The number of carbonyl (C=O) groups is 1. The Kier molecular flexibility index (Phi) is 5.34. The Morgan fingerprint density at radius 3 is 2.62 bits per heavy atom. The summed E-state index contributed by atoms with van der Waals surface area (Å²) in [5.41, 5.74) is 3.93. The number of carbonyl (C=O) groups excluding carboxylic acids is 1. The topological polar surface area (TPSA) is 68.5 Å². The molecule has 0 spiro atoms. The number of piperidine rings is 1. The summed E-state index contributed by atoms with van der Waals surface area (Å²) in [5.74, 6) is 2.24. The minimum atomic E-state index is 0.0942. The van der Waals surface area contributed by atoms with Crippen LogP contribution in [0.4, 0.5) is 0 Å². The molecule has 6 heteroatoms. The van der Waals surface area contributed by atoms with Gasteiger partial charge in [-0.05, 0) is 68.1 Å². The minimum absolute atomic E-state index is 0.0942. The number of amides is 1. The van der Waals surface area contributed by atoms with Gasteiger partial charge in [-0.25, -0.2) is 0 Å². The predicted octanol–water partition coefficient (Wildman–Crippen LogP) is 4.38. The van der Waals surface area contributed by atoms with Gasteiger partial charge in [-0.1, -0.05) is 17.3 Å². The van der Waals surface area contributed by atoms with Gasteiger partial charge in [0.25, 0.3) is 11.8 Å². The standard InChI is InChI=1S/C23H25N3O3/c1-15-7-8-19(13-16(15)2)23(27)26-11-9-17(10-12-26)21-24-22(29-25-21)18-5-4-6-20(14-18)28-3/h4-8,13-14,17H,9-12H2,1-3H3. The van der Waals surface area contributed by atoms with Crippen LogP contribution in [0.1, 0.15) is 46.1 Å². The maximum atomic E-state index is 12.8. The number of nitrogens with zero attached hydrogens (tertiary/aromatic N) is 3. The fourth-order valence-electron chi connectivity index (χ4n) is 3.67. The van der Waals surface area contributed by atoms with Crippen LogP contribution in [0.25, 0.3) is 11.5 Å². The van der Waals surface area contributed by atoms with E-state index in [2.05, 4.69) is 17.1 Å². The lowest BCUT2D eigenvalue weighted by atomic mass is 9.95. The Balaban J connectivity index is 1.41. The van der Waals surface area contributed by atoms with Crippen LogP contribution in [0.5, 0.6) is 5.75 Å². The third kappa shape index (κ3) is 4.01. The maximum Gasteiger partial charge on any atom is 0.258 e. The highest BCUT2D eigenvalue weighted by Gasteiger charge is 2.27. The molecule has 1 amide bonds. The second-order valence-electron chi connectivity index (χ2n) is 7.56. The minimum Gasteiger partial charge on any atom is -0.497 e. The van der Waals surface area contributed by atoms with Crippen LogP contribution in [0.15, 0.2) is 47.0 Å². The Morgan fingerprint density at radius 2 is 1.90 bits per heavy atom. The van der Waals surface area contributed by atoms with Crippen molar-refractivity contribution >= 4 is 5.91 Å². The molecule has 29 heavy (non-hydrogen) atoms. The van der Waals surface area contributed by atoms with Crippen molar-refractivity contribution in [2.45, 2.75) is 32.6 Å². The third-order valence-electron chi connectivity index (χ3n) is 5.66. The van der Waals surface area contributed by atoms with E-state index in [-0.39, 0.29) is 11.8 Å². The average Bonchev–Trinajstić information content (AvgIpc) is 3.26. The van der Waals surface area contributed by atoms with Crippen LogP contribution < -0.4 is 4.74 Å². The summed E-state index contributed by atoms with van der Waals surface area (Å²) in [6, 6.07) is 13.5. The fourth-order valence-corrected chi connectivity index (χ4v) is 3.67. The van der Waals surface area contributed by atoms with E-state index in [1.165, 1.54) is 5.56 Å². The highest BCUT2D eigenvalue weighted by molar-refractivity contribution is 5.94. The molecule has 2 aromatic carbocycles. The first-order valence-corrected chi connectivity index (χ1v) is 9.89. The van der Waals surface area contributed by atoms with Crippen molar-refractivity contribution in [2.24, 2.45) is 0 Å². The van der Waals surface area contributed by atoms with Gasteiger partial charge in [0.15, 0.2) is 5.82 Å². The van der Waals surface area contributed by atoms with Crippen LogP contribution in [-0.4, -0.2) is 41.1 Å². The zero-order valence-corrected chi connectivity index (χ0v) is 17.0. The van der Waals surface area contributed by atoms with Gasteiger partial charge in [0.1, 0.15) is 5.75 Å².